The van der Waals surface area contributed by atoms with Gasteiger partial charge in [-0.25, -0.2) is 4.98 Å². The smallest absolute Gasteiger partial charge is 0.391 e. The van der Waals surface area contributed by atoms with Crippen LogP contribution in [-0.4, -0.2) is 43.0 Å². The molecule has 1 aliphatic rings. The molecule has 9 heteroatoms. The third kappa shape index (κ3) is 5.42. The van der Waals surface area contributed by atoms with E-state index in [1.165, 1.54) is 13.1 Å². The molecule has 0 radical (unpaired) electrons. The number of ether oxygens (including phenoxy) is 1. The minimum Gasteiger partial charge on any atom is -0.396 e. The first-order valence-corrected chi connectivity index (χ1v) is 7.19. The summed E-state index contributed by atoms with van der Waals surface area (Å²) in [7, 11) is 0. The molecule has 0 saturated carbocycles. The first-order valence-electron chi connectivity index (χ1n) is 7.19. The SMILES string of the molecule is CC(CC(F)(F)F)Nc1cc(N2CCOC[C@@H]2C)ncc1N.F. The van der Waals surface area contributed by atoms with E-state index in [4.69, 9.17) is 10.5 Å². The number of nitrogens with zero attached hydrogens (tertiary/aromatic N) is 2. The molecule has 132 valence electrons. The quantitative estimate of drug-likeness (QED) is 0.827. The van der Waals surface area contributed by atoms with Crippen LogP contribution in [0.5, 0.6) is 0 Å². The van der Waals surface area contributed by atoms with Crippen LogP contribution >= 0.6 is 0 Å². The summed E-state index contributed by atoms with van der Waals surface area (Å²) in [6, 6.07) is 1.09. The Hall–Kier alpha value is -1.77. The van der Waals surface area contributed by atoms with Crippen LogP contribution in [0.1, 0.15) is 20.3 Å². The van der Waals surface area contributed by atoms with E-state index in [9.17, 15) is 13.2 Å². The number of hydrogen-bond acceptors (Lipinski definition) is 5. The lowest BCUT2D eigenvalue weighted by Gasteiger charge is -2.34. The molecular weight excluding hydrogens is 316 g/mol. The standard InChI is InChI=1S/C14H21F3N4O.FH/c1-9(6-14(15,16)17)20-12-5-13(19-7-11(12)18)21-3-4-22-8-10(21)2;/h5,7,9-10H,3-4,6,8,18H2,1-2H3,(H,19,20);1H/t9?,10-;/m0./s1. The Kier molecular flexibility index (Phi) is 6.43. The van der Waals surface area contributed by atoms with Crippen LogP contribution in [0.15, 0.2) is 12.3 Å². The fraction of sp³-hybridized carbons (Fsp3) is 0.643. The summed E-state index contributed by atoms with van der Waals surface area (Å²) in [5.74, 6) is 0.687. The number of nitrogen functional groups attached to an aromatic ring is 1. The highest BCUT2D eigenvalue weighted by molar-refractivity contribution is 5.69. The summed E-state index contributed by atoms with van der Waals surface area (Å²) in [6.07, 6.45) is -3.66. The lowest BCUT2D eigenvalue weighted by molar-refractivity contribution is -0.136. The van der Waals surface area contributed by atoms with Crippen molar-refractivity contribution in [3.63, 3.8) is 0 Å². The van der Waals surface area contributed by atoms with Crippen LogP contribution in [-0.2, 0) is 4.74 Å². The molecule has 1 unspecified atom stereocenters. The first-order chi connectivity index (χ1) is 10.3. The number of nitrogens with two attached hydrogens (primary N) is 1. The molecule has 5 nitrogen and oxygen atoms in total. The number of hydrogen-bond donors (Lipinski definition) is 2. The van der Waals surface area contributed by atoms with E-state index in [0.717, 1.165) is 0 Å². The highest BCUT2D eigenvalue weighted by atomic mass is 19.4. The van der Waals surface area contributed by atoms with Gasteiger partial charge in [-0.15, -0.1) is 0 Å². The molecule has 3 N–H and O–H groups in total. The van der Waals surface area contributed by atoms with Crippen LogP contribution in [0.4, 0.5) is 35.1 Å². The van der Waals surface area contributed by atoms with Crippen LogP contribution in [0.2, 0.25) is 0 Å². The highest BCUT2D eigenvalue weighted by Gasteiger charge is 2.30. The number of halogens is 4. The molecule has 0 spiro atoms. The van der Waals surface area contributed by atoms with E-state index < -0.39 is 18.6 Å². The van der Waals surface area contributed by atoms with Gasteiger partial charge in [-0.3, -0.25) is 4.70 Å². The van der Waals surface area contributed by atoms with E-state index >= 15 is 0 Å². The third-order valence-electron chi connectivity index (χ3n) is 3.52. The lowest BCUT2D eigenvalue weighted by Crippen LogP contribution is -2.44. The second-order valence-electron chi connectivity index (χ2n) is 5.61. The molecule has 1 aromatic heterocycles. The maximum Gasteiger partial charge on any atom is 0.391 e. The van der Waals surface area contributed by atoms with Crippen molar-refractivity contribution in [2.45, 2.75) is 38.5 Å². The largest absolute Gasteiger partial charge is 0.396 e. The Morgan fingerprint density at radius 2 is 2.22 bits per heavy atom. The molecule has 0 amide bonds. The number of rotatable bonds is 4. The topological polar surface area (TPSA) is 63.4 Å². The number of nitrogens with one attached hydrogen (secondary N) is 1. The van der Waals surface area contributed by atoms with Gasteiger partial charge in [0, 0.05) is 18.7 Å². The number of pyridine rings is 1. The fourth-order valence-corrected chi connectivity index (χ4v) is 2.47. The first kappa shape index (κ1) is 19.3. The van der Waals surface area contributed by atoms with Crippen LogP contribution in [0, 0.1) is 0 Å². The molecule has 1 fully saturated rings. The summed E-state index contributed by atoms with van der Waals surface area (Å²) in [6.45, 7) is 5.37. The Balaban J connectivity index is 0.00000264. The van der Waals surface area contributed by atoms with E-state index in [-0.39, 0.29) is 10.7 Å². The second kappa shape index (κ2) is 7.67. The van der Waals surface area contributed by atoms with E-state index in [1.54, 1.807) is 6.07 Å². The van der Waals surface area contributed by atoms with Crippen LogP contribution in [0.3, 0.4) is 0 Å². The summed E-state index contributed by atoms with van der Waals surface area (Å²) in [4.78, 5) is 6.34. The Morgan fingerprint density at radius 1 is 1.52 bits per heavy atom. The molecule has 2 atom stereocenters. The van der Waals surface area contributed by atoms with Gasteiger partial charge in [-0.1, -0.05) is 0 Å². The van der Waals surface area contributed by atoms with Crippen molar-refractivity contribution in [3.05, 3.63) is 12.3 Å². The molecule has 0 bridgehead atoms. The number of anilines is 3. The van der Waals surface area contributed by atoms with E-state index in [0.29, 0.717) is 37.0 Å². The van der Waals surface area contributed by atoms with Crippen LogP contribution < -0.4 is 16.0 Å². The number of aromatic nitrogens is 1. The summed E-state index contributed by atoms with van der Waals surface area (Å²) in [5, 5.41) is 2.82. The maximum atomic E-state index is 12.4. The number of alkyl halides is 3. The zero-order valence-electron chi connectivity index (χ0n) is 13.1. The average Bonchev–Trinajstić information content (AvgIpc) is 2.40. The van der Waals surface area contributed by atoms with Crippen molar-refractivity contribution in [1.82, 2.24) is 4.98 Å². The molecule has 1 aliphatic heterocycles. The second-order valence-corrected chi connectivity index (χ2v) is 5.61. The van der Waals surface area contributed by atoms with Gasteiger partial charge in [0.05, 0.1) is 43.2 Å². The van der Waals surface area contributed by atoms with Crippen molar-refractivity contribution in [2.24, 2.45) is 0 Å². The van der Waals surface area contributed by atoms with Gasteiger partial charge in [0.15, 0.2) is 0 Å². The highest BCUT2D eigenvalue weighted by Crippen LogP contribution is 2.28. The average molecular weight is 338 g/mol. The van der Waals surface area contributed by atoms with Crippen molar-refractivity contribution >= 4 is 17.2 Å². The molecule has 1 aromatic rings. The van der Waals surface area contributed by atoms with E-state index in [2.05, 4.69) is 15.2 Å². The zero-order chi connectivity index (χ0) is 16.3. The molecule has 23 heavy (non-hydrogen) atoms. The van der Waals surface area contributed by atoms with Gasteiger partial charge in [0.2, 0.25) is 0 Å². The molecule has 0 aliphatic carbocycles. The van der Waals surface area contributed by atoms with E-state index in [1.807, 2.05) is 6.92 Å². The third-order valence-corrected chi connectivity index (χ3v) is 3.52. The van der Waals surface area contributed by atoms with Crippen molar-refractivity contribution in [1.29, 1.82) is 0 Å². The molecule has 1 saturated heterocycles. The Bertz CT molecular complexity index is 512. The normalized spacial score (nSPS) is 19.9. The predicted octanol–water partition coefficient (Wildman–Crippen LogP) is 2.79. The molecular formula is C14H22F4N4O. The van der Waals surface area contributed by atoms with Gasteiger partial charge in [-0.05, 0) is 13.8 Å². The molecule has 2 rings (SSSR count). The lowest BCUT2D eigenvalue weighted by atomic mass is 10.2. The zero-order valence-corrected chi connectivity index (χ0v) is 13.1. The van der Waals surface area contributed by atoms with Crippen molar-refractivity contribution < 1.29 is 22.6 Å². The monoisotopic (exact) mass is 338 g/mol. The Labute approximate surface area is 132 Å². The Morgan fingerprint density at radius 3 is 2.83 bits per heavy atom. The fourth-order valence-electron chi connectivity index (χ4n) is 2.47. The van der Waals surface area contributed by atoms with Crippen LogP contribution in [0.25, 0.3) is 0 Å². The van der Waals surface area contributed by atoms with Crippen molar-refractivity contribution in [3.8, 4) is 0 Å². The maximum absolute atomic E-state index is 12.4. The predicted molar refractivity (Wildman–Crippen MR) is 82.5 cm³/mol. The summed E-state index contributed by atoms with van der Waals surface area (Å²) < 4.78 is 42.6. The summed E-state index contributed by atoms with van der Waals surface area (Å²) in [5.41, 5.74) is 6.62. The summed E-state index contributed by atoms with van der Waals surface area (Å²) >= 11 is 0. The van der Waals surface area contributed by atoms with Gasteiger partial charge in [0.1, 0.15) is 5.82 Å². The molecule has 2 heterocycles. The van der Waals surface area contributed by atoms with Gasteiger partial charge >= 0.3 is 6.18 Å². The molecule has 0 aromatic carbocycles. The minimum atomic E-state index is -4.21. The van der Waals surface area contributed by atoms with Gasteiger partial charge < -0.3 is 20.7 Å². The van der Waals surface area contributed by atoms with Crippen molar-refractivity contribution in [2.75, 3.05) is 35.7 Å². The minimum absolute atomic E-state index is 0. The number of morpholine rings is 1. The van der Waals surface area contributed by atoms with Gasteiger partial charge in [0.25, 0.3) is 0 Å². The van der Waals surface area contributed by atoms with Gasteiger partial charge in [-0.2, -0.15) is 13.2 Å².